The number of fused-ring (bicyclic) bond motifs is 1. The third-order valence-corrected chi connectivity index (χ3v) is 6.35. The molecule has 0 atom stereocenters. The molecule has 3 aromatic heterocycles. The van der Waals surface area contributed by atoms with Crippen molar-refractivity contribution in [2.75, 3.05) is 26.3 Å². The molecule has 1 fully saturated rings. The van der Waals surface area contributed by atoms with Gasteiger partial charge in [-0.1, -0.05) is 36.4 Å². The van der Waals surface area contributed by atoms with E-state index in [9.17, 15) is 0 Å². The molecule has 1 aromatic carbocycles. The van der Waals surface area contributed by atoms with Crippen LogP contribution in [0.25, 0.3) is 33.7 Å². The van der Waals surface area contributed by atoms with Crippen molar-refractivity contribution in [1.29, 1.82) is 0 Å². The molecule has 4 aromatic rings. The molecule has 7 heteroatoms. The summed E-state index contributed by atoms with van der Waals surface area (Å²) in [7, 11) is 0. The van der Waals surface area contributed by atoms with Gasteiger partial charge in [-0.2, -0.15) is 5.10 Å². The fraction of sp³-hybridized carbons (Fsp3) is 0.320. The number of benzene rings is 1. The number of hydrogen-bond acceptors (Lipinski definition) is 5. The van der Waals surface area contributed by atoms with E-state index in [0.29, 0.717) is 19.3 Å². The van der Waals surface area contributed by atoms with E-state index in [4.69, 9.17) is 14.7 Å². The summed E-state index contributed by atoms with van der Waals surface area (Å²) < 4.78 is 9.76. The van der Waals surface area contributed by atoms with Crippen molar-refractivity contribution < 1.29 is 4.74 Å². The predicted molar refractivity (Wildman–Crippen MR) is 124 cm³/mol. The van der Waals surface area contributed by atoms with Gasteiger partial charge in [0, 0.05) is 29.7 Å². The number of hydrogen-bond donors (Lipinski definition) is 1. The predicted octanol–water partition coefficient (Wildman–Crippen LogP) is 3.99. The lowest BCUT2D eigenvalue weighted by atomic mass is 10.1. The molecule has 5 heterocycles. The van der Waals surface area contributed by atoms with Gasteiger partial charge in [0.25, 0.3) is 0 Å². The molecule has 2 aliphatic rings. The summed E-state index contributed by atoms with van der Waals surface area (Å²) in [5.74, 6) is 0. The minimum atomic E-state index is 0.448. The maximum atomic E-state index is 5.54. The van der Waals surface area contributed by atoms with Crippen molar-refractivity contribution in [3.05, 3.63) is 66.9 Å². The van der Waals surface area contributed by atoms with Crippen molar-refractivity contribution in [3.63, 3.8) is 0 Å². The molecule has 2 aliphatic heterocycles. The maximum Gasteiger partial charge on any atom is 0.163 e. The Morgan fingerprint density at radius 3 is 2.53 bits per heavy atom. The number of aromatic nitrogens is 5. The van der Waals surface area contributed by atoms with Gasteiger partial charge in [-0.15, -0.1) is 0 Å². The van der Waals surface area contributed by atoms with Crippen molar-refractivity contribution in [1.82, 2.24) is 29.5 Å². The summed E-state index contributed by atoms with van der Waals surface area (Å²) in [6.45, 7) is 3.42. The number of rotatable bonds is 4. The fourth-order valence-electron chi connectivity index (χ4n) is 4.58. The number of nitrogens with one attached hydrogen (secondary N) is 1. The third kappa shape index (κ3) is 3.63. The number of piperidine rings is 1. The van der Waals surface area contributed by atoms with Crippen LogP contribution in [0.4, 0.5) is 0 Å². The summed E-state index contributed by atoms with van der Waals surface area (Å²) in [4.78, 5) is 10.1. The van der Waals surface area contributed by atoms with Gasteiger partial charge in [0.05, 0.1) is 36.8 Å². The van der Waals surface area contributed by atoms with Crippen LogP contribution in [0.3, 0.4) is 0 Å². The van der Waals surface area contributed by atoms with Crippen LogP contribution in [0.15, 0.2) is 61.2 Å². The standard InChI is InChI=1S/C25H26N6O/c1-2-4-18(5-3-1)22-16-30-17-23(20-14-27-31(15-20)21-6-10-26-11-7-21)28-24(25(30)29-22)19-8-12-32-13-9-19/h1-5,8,14-17,21,26H,6-7,9-13H2. The summed E-state index contributed by atoms with van der Waals surface area (Å²) in [6.07, 6.45) is 13.4. The topological polar surface area (TPSA) is 69.3 Å². The molecule has 6 rings (SSSR count). The SMILES string of the molecule is C1=C(c2nc(-c3cnn(C4CCNCC4)c3)cn3cc(-c4ccccc4)nc23)CCOC1. The zero-order chi connectivity index (χ0) is 21.3. The lowest BCUT2D eigenvalue weighted by Crippen LogP contribution is -2.29. The van der Waals surface area contributed by atoms with Gasteiger partial charge in [-0.3, -0.25) is 4.68 Å². The fourth-order valence-corrected chi connectivity index (χ4v) is 4.58. The highest BCUT2D eigenvalue weighted by Crippen LogP contribution is 2.30. The highest BCUT2D eigenvalue weighted by Gasteiger charge is 2.20. The quantitative estimate of drug-likeness (QED) is 0.534. The Hall–Kier alpha value is -3.29. The zero-order valence-corrected chi connectivity index (χ0v) is 17.9. The van der Waals surface area contributed by atoms with Crippen LogP contribution in [-0.2, 0) is 4.74 Å². The van der Waals surface area contributed by atoms with Gasteiger partial charge in [0.15, 0.2) is 5.65 Å². The van der Waals surface area contributed by atoms with Gasteiger partial charge in [-0.05, 0) is 37.9 Å². The Balaban J connectivity index is 1.46. The molecular formula is C25H26N6O. The highest BCUT2D eigenvalue weighted by atomic mass is 16.5. The van der Waals surface area contributed by atoms with E-state index in [2.05, 4.69) is 56.3 Å². The average molecular weight is 427 g/mol. The van der Waals surface area contributed by atoms with Gasteiger partial charge in [0.1, 0.15) is 5.69 Å². The lowest BCUT2D eigenvalue weighted by molar-refractivity contribution is 0.161. The largest absolute Gasteiger partial charge is 0.377 e. The number of ether oxygens (including phenoxy) is 1. The molecule has 162 valence electrons. The van der Waals surface area contributed by atoms with Crippen LogP contribution in [0, 0.1) is 0 Å². The van der Waals surface area contributed by atoms with Gasteiger partial charge >= 0.3 is 0 Å². The van der Waals surface area contributed by atoms with Crippen LogP contribution < -0.4 is 5.32 Å². The van der Waals surface area contributed by atoms with Crippen molar-refractivity contribution >= 4 is 11.2 Å². The minimum absolute atomic E-state index is 0.448. The molecule has 0 spiro atoms. The molecule has 1 N–H and O–H groups in total. The van der Waals surface area contributed by atoms with Gasteiger partial charge in [0.2, 0.25) is 0 Å². The van der Waals surface area contributed by atoms with E-state index in [1.54, 1.807) is 0 Å². The van der Waals surface area contributed by atoms with Crippen molar-refractivity contribution in [2.45, 2.75) is 25.3 Å². The molecule has 1 saturated heterocycles. The Bertz CT molecular complexity index is 1270. The first-order valence-electron chi connectivity index (χ1n) is 11.3. The monoisotopic (exact) mass is 426 g/mol. The average Bonchev–Trinajstić information content (AvgIpc) is 3.53. The molecule has 0 radical (unpaired) electrons. The second-order valence-corrected chi connectivity index (χ2v) is 8.44. The smallest absolute Gasteiger partial charge is 0.163 e. The first-order valence-corrected chi connectivity index (χ1v) is 11.3. The first-order chi connectivity index (χ1) is 15.8. The Morgan fingerprint density at radius 1 is 0.938 bits per heavy atom. The second kappa shape index (κ2) is 8.33. The number of imidazole rings is 1. The van der Waals surface area contributed by atoms with E-state index in [1.807, 2.05) is 24.4 Å². The molecule has 7 nitrogen and oxygen atoms in total. The van der Waals surface area contributed by atoms with Gasteiger partial charge in [-0.25, -0.2) is 9.97 Å². The summed E-state index contributed by atoms with van der Waals surface area (Å²) in [5.41, 5.74) is 7.01. The van der Waals surface area contributed by atoms with Crippen molar-refractivity contribution in [3.8, 4) is 22.5 Å². The second-order valence-electron chi connectivity index (χ2n) is 8.44. The molecule has 0 saturated carbocycles. The highest BCUT2D eigenvalue weighted by molar-refractivity contribution is 5.78. The van der Waals surface area contributed by atoms with E-state index >= 15 is 0 Å². The van der Waals surface area contributed by atoms with Gasteiger partial charge < -0.3 is 14.5 Å². The third-order valence-electron chi connectivity index (χ3n) is 6.35. The van der Waals surface area contributed by atoms with E-state index in [1.165, 1.54) is 5.57 Å². The first kappa shape index (κ1) is 19.4. The van der Waals surface area contributed by atoms with Crippen LogP contribution in [0.5, 0.6) is 0 Å². The summed E-state index contributed by atoms with van der Waals surface area (Å²) in [6, 6.07) is 10.7. The molecule has 0 amide bonds. The molecule has 0 bridgehead atoms. The molecule has 0 unspecified atom stereocenters. The van der Waals surface area contributed by atoms with E-state index in [0.717, 1.165) is 66.2 Å². The minimum Gasteiger partial charge on any atom is -0.377 e. The van der Waals surface area contributed by atoms with Crippen LogP contribution >= 0.6 is 0 Å². The molecule has 0 aliphatic carbocycles. The van der Waals surface area contributed by atoms with Crippen molar-refractivity contribution in [2.24, 2.45) is 0 Å². The molecular weight excluding hydrogens is 400 g/mol. The maximum absolute atomic E-state index is 5.54. The number of nitrogens with zero attached hydrogens (tertiary/aromatic N) is 5. The Kier molecular flexibility index (Phi) is 5.05. The Labute approximate surface area is 186 Å². The Morgan fingerprint density at radius 2 is 1.75 bits per heavy atom. The van der Waals surface area contributed by atoms with Crippen LogP contribution in [-0.4, -0.2) is 50.5 Å². The lowest BCUT2D eigenvalue weighted by Gasteiger charge is -2.22. The van der Waals surface area contributed by atoms with E-state index < -0.39 is 0 Å². The summed E-state index contributed by atoms with van der Waals surface area (Å²) >= 11 is 0. The summed E-state index contributed by atoms with van der Waals surface area (Å²) in [5, 5.41) is 8.10. The normalized spacial score (nSPS) is 17.6. The van der Waals surface area contributed by atoms with Crippen LogP contribution in [0.1, 0.15) is 31.0 Å². The molecule has 32 heavy (non-hydrogen) atoms. The zero-order valence-electron chi connectivity index (χ0n) is 17.9. The van der Waals surface area contributed by atoms with Crippen LogP contribution in [0.2, 0.25) is 0 Å². The van der Waals surface area contributed by atoms with E-state index in [-0.39, 0.29) is 0 Å².